The van der Waals surface area contributed by atoms with Crippen molar-refractivity contribution in [3.05, 3.63) is 0 Å². The van der Waals surface area contributed by atoms with E-state index in [2.05, 4.69) is 15.1 Å². The lowest BCUT2D eigenvalue weighted by Gasteiger charge is -2.07. The first kappa shape index (κ1) is 11.8. The molecule has 4 nitrogen and oxygen atoms in total. The van der Waals surface area contributed by atoms with Gasteiger partial charge in [-0.05, 0) is 26.3 Å². The van der Waals surface area contributed by atoms with Crippen molar-refractivity contribution < 1.29 is 14.9 Å². The van der Waals surface area contributed by atoms with E-state index in [1.165, 1.54) is 0 Å². The van der Waals surface area contributed by atoms with Crippen molar-refractivity contribution >= 4 is 0 Å². The summed E-state index contributed by atoms with van der Waals surface area (Å²) < 4.78 is 0. The second-order valence-corrected chi connectivity index (χ2v) is 2.58. The van der Waals surface area contributed by atoms with Gasteiger partial charge in [0.1, 0.15) is 6.23 Å². The molecule has 0 aromatic heterocycles. The fraction of sp³-hybridized carbons (Fsp3) is 1.00. The Morgan fingerprint density at radius 2 is 1.83 bits per heavy atom. The van der Waals surface area contributed by atoms with Crippen LogP contribution in [0.15, 0.2) is 0 Å². The molecule has 1 aliphatic heterocycles. The molecular formula is C8H19NO3. The lowest BCUT2D eigenvalue weighted by molar-refractivity contribution is -0.312. The van der Waals surface area contributed by atoms with Gasteiger partial charge in [0.25, 0.3) is 0 Å². The third-order valence-corrected chi connectivity index (χ3v) is 1.29. The molecule has 0 saturated carbocycles. The summed E-state index contributed by atoms with van der Waals surface area (Å²) in [7, 11) is 0. The second kappa shape index (κ2) is 8.93. The van der Waals surface area contributed by atoms with E-state index in [-0.39, 0.29) is 6.23 Å². The third kappa shape index (κ3) is 9.84. The SMILES string of the molecule is C1CCOOC1.CCNC(C)O. The summed E-state index contributed by atoms with van der Waals surface area (Å²) in [6.07, 6.45) is 1.95. The van der Waals surface area contributed by atoms with Gasteiger partial charge >= 0.3 is 0 Å². The van der Waals surface area contributed by atoms with Gasteiger partial charge in [0.2, 0.25) is 0 Å². The van der Waals surface area contributed by atoms with Crippen LogP contribution in [-0.2, 0) is 9.78 Å². The van der Waals surface area contributed by atoms with E-state index in [0.717, 1.165) is 32.6 Å². The number of aliphatic hydroxyl groups is 1. The molecule has 1 unspecified atom stereocenters. The zero-order valence-corrected chi connectivity index (χ0v) is 7.88. The maximum absolute atomic E-state index is 8.44. The second-order valence-electron chi connectivity index (χ2n) is 2.58. The monoisotopic (exact) mass is 177 g/mol. The molecule has 0 spiro atoms. The third-order valence-electron chi connectivity index (χ3n) is 1.29. The molecular weight excluding hydrogens is 158 g/mol. The fourth-order valence-corrected chi connectivity index (χ4v) is 0.735. The van der Waals surface area contributed by atoms with Crippen molar-refractivity contribution in [3.8, 4) is 0 Å². The van der Waals surface area contributed by atoms with E-state index in [9.17, 15) is 0 Å². The molecule has 0 aromatic carbocycles. The van der Waals surface area contributed by atoms with Crippen molar-refractivity contribution in [2.24, 2.45) is 0 Å². The lowest BCUT2D eigenvalue weighted by atomic mass is 10.3. The van der Waals surface area contributed by atoms with E-state index in [4.69, 9.17) is 5.11 Å². The van der Waals surface area contributed by atoms with Crippen LogP contribution in [0.3, 0.4) is 0 Å². The molecule has 1 saturated heterocycles. The number of hydrogen-bond donors (Lipinski definition) is 2. The van der Waals surface area contributed by atoms with Gasteiger partial charge in [-0.1, -0.05) is 6.92 Å². The van der Waals surface area contributed by atoms with Crippen LogP contribution in [0, 0.1) is 0 Å². The molecule has 1 aliphatic rings. The largest absolute Gasteiger partial charge is 0.379 e. The van der Waals surface area contributed by atoms with Crippen molar-refractivity contribution in [2.75, 3.05) is 19.8 Å². The summed E-state index contributed by atoms with van der Waals surface area (Å²) in [5, 5.41) is 11.2. The molecule has 0 aromatic rings. The Bertz CT molecular complexity index is 72.9. The normalized spacial score (nSPS) is 19.2. The number of hydrogen-bond acceptors (Lipinski definition) is 4. The predicted octanol–water partition coefficient (Wildman–Crippen LogP) is 0.663. The maximum Gasteiger partial charge on any atom is 0.102 e. The van der Waals surface area contributed by atoms with Gasteiger partial charge in [-0.25, -0.2) is 9.78 Å². The fourth-order valence-electron chi connectivity index (χ4n) is 0.735. The van der Waals surface area contributed by atoms with Gasteiger partial charge in [-0.15, -0.1) is 0 Å². The summed E-state index contributed by atoms with van der Waals surface area (Å²) in [4.78, 5) is 9.14. The van der Waals surface area contributed by atoms with Crippen LogP contribution in [0.25, 0.3) is 0 Å². The Morgan fingerprint density at radius 1 is 1.33 bits per heavy atom. The molecule has 1 atom stereocenters. The highest BCUT2D eigenvalue weighted by Gasteiger charge is 1.95. The minimum atomic E-state index is -0.352. The lowest BCUT2D eigenvalue weighted by Crippen LogP contribution is -2.24. The van der Waals surface area contributed by atoms with Gasteiger partial charge < -0.3 is 5.11 Å². The van der Waals surface area contributed by atoms with Gasteiger partial charge in [0.15, 0.2) is 0 Å². The molecule has 1 fully saturated rings. The minimum absolute atomic E-state index is 0.352. The molecule has 0 amide bonds. The van der Waals surface area contributed by atoms with Crippen LogP contribution in [0.5, 0.6) is 0 Å². The highest BCUT2D eigenvalue weighted by Crippen LogP contribution is 1.97. The topological polar surface area (TPSA) is 50.7 Å². The van der Waals surface area contributed by atoms with Crippen LogP contribution >= 0.6 is 0 Å². The van der Waals surface area contributed by atoms with Crippen molar-refractivity contribution in [1.82, 2.24) is 5.32 Å². The number of rotatable bonds is 2. The van der Waals surface area contributed by atoms with Crippen LogP contribution in [0.4, 0.5) is 0 Å². The Labute approximate surface area is 73.8 Å². The molecule has 0 aliphatic carbocycles. The summed E-state index contributed by atoms with van der Waals surface area (Å²) in [5.41, 5.74) is 0. The average Bonchev–Trinajstić information content (AvgIpc) is 2.08. The molecule has 2 N–H and O–H groups in total. The van der Waals surface area contributed by atoms with Crippen LogP contribution < -0.4 is 5.32 Å². The zero-order chi connectivity index (χ0) is 9.23. The Morgan fingerprint density at radius 3 is 1.92 bits per heavy atom. The van der Waals surface area contributed by atoms with Crippen LogP contribution in [0.2, 0.25) is 0 Å². The van der Waals surface area contributed by atoms with Gasteiger partial charge in [-0.2, -0.15) is 0 Å². The first-order valence-corrected chi connectivity index (χ1v) is 4.43. The molecule has 1 rings (SSSR count). The molecule has 4 heteroatoms. The summed E-state index contributed by atoms with van der Waals surface area (Å²) in [6, 6.07) is 0. The van der Waals surface area contributed by atoms with E-state index < -0.39 is 0 Å². The van der Waals surface area contributed by atoms with E-state index in [0.29, 0.717) is 0 Å². The Hall–Kier alpha value is -0.160. The van der Waals surface area contributed by atoms with Gasteiger partial charge in [0, 0.05) is 0 Å². The predicted molar refractivity (Wildman–Crippen MR) is 46.5 cm³/mol. The van der Waals surface area contributed by atoms with Gasteiger partial charge in [0.05, 0.1) is 13.2 Å². The smallest absolute Gasteiger partial charge is 0.102 e. The number of nitrogens with one attached hydrogen (secondary N) is 1. The maximum atomic E-state index is 8.44. The first-order chi connectivity index (χ1) is 5.77. The van der Waals surface area contributed by atoms with E-state index in [1.54, 1.807) is 6.92 Å². The van der Waals surface area contributed by atoms with Crippen molar-refractivity contribution in [1.29, 1.82) is 0 Å². The molecule has 1 heterocycles. The molecule has 74 valence electrons. The average molecular weight is 177 g/mol. The van der Waals surface area contributed by atoms with E-state index >= 15 is 0 Å². The highest BCUT2D eigenvalue weighted by atomic mass is 17.2. The molecule has 12 heavy (non-hydrogen) atoms. The summed E-state index contributed by atoms with van der Waals surface area (Å²) in [5.74, 6) is 0. The van der Waals surface area contributed by atoms with Gasteiger partial charge in [-0.3, -0.25) is 5.32 Å². The van der Waals surface area contributed by atoms with Crippen LogP contribution in [-0.4, -0.2) is 31.1 Å². The zero-order valence-electron chi connectivity index (χ0n) is 7.88. The molecule has 0 radical (unpaired) electrons. The number of aliphatic hydroxyl groups excluding tert-OH is 1. The summed E-state index contributed by atoms with van der Waals surface area (Å²) >= 11 is 0. The van der Waals surface area contributed by atoms with Crippen molar-refractivity contribution in [3.63, 3.8) is 0 Å². The first-order valence-electron chi connectivity index (χ1n) is 4.43. The van der Waals surface area contributed by atoms with Crippen LogP contribution in [0.1, 0.15) is 26.7 Å². The standard InChI is InChI=1S/C4H11NO.C4H8O2/c1-3-5-4(2)6;1-2-4-6-5-3-1/h4-6H,3H2,1-2H3;1-4H2. The highest BCUT2D eigenvalue weighted by molar-refractivity contribution is 4.37. The van der Waals surface area contributed by atoms with E-state index in [1.807, 2.05) is 6.92 Å². The quantitative estimate of drug-likeness (QED) is 0.480. The Balaban J connectivity index is 0.000000202. The molecule has 0 bridgehead atoms. The van der Waals surface area contributed by atoms with Crippen molar-refractivity contribution in [2.45, 2.75) is 32.9 Å². The summed E-state index contributed by atoms with van der Waals surface area (Å²) in [6.45, 7) is 6.04. The Kier molecular flexibility index (Phi) is 8.81. The minimum Gasteiger partial charge on any atom is -0.379 e.